The smallest absolute Gasteiger partial charge is 0.239 e. The summed E-state index contributed by atoms with van der Waals surface area (Å²) in [7, 11) is 0. The lowest BCUT2D eigenvalue weighted by Crippen LogP contribution is -2.29. The van der Waals surface area contributed by atoms with E-state index in [2.05, 4.69) is 26.2 Å². The van der Waals surface area contributed by atoms with Gasteiger partial charge in [-0.25, -0.2) is 4.68 Å². The van der Waals surface area contributed by atoms with Crippen LogP contribution in [0, 0.1) is 6.92 Å². The predicted octanol–water partition coefficient (Wildman–Crippen LogP) is 3.61. The van der Waals surface area contributed by atoms with Gasteiger partial charge in [0.1, 0.15) is 17.8 Å². The van der Waals surface area contributed by atoms with Crippen molar-refractivity contribution in [2.45, 2.75) is 13.5 Å². The number of rotatable bonds is 7. The van der Waals surface area contributed by atoms with Gasteiger partial charge in [0.15, 0.2) is 0 Å². The van der Waals surface area contributed by atoms with Gasteiger partial charge in [-0.1, -0.05) is 17.7 Å². The van der Waals surface area contributed by atoms with Crippen LogP contribution in [0.3, 0.4) is 0 Å². The summed E-state index contributed by atoms with van der Waals surface area (Å²) in [5, 5.41) is 17.8. The first kappa shape index (κ1) is 19.7. The fourth-order valence-corrected chi connectivity index (χ4v) is 3.01. The Kier molecular flexibility index (Phi) is 5.76. The molecule has 2 N–H and O–H groups in total. The highest BCUT2D eigenvalue weighted by molar-refractivity contribution is 6.30. The van der Waals surface area contributed by atoms with E-state index < -0.39 is 0 Å². The van der Waals surface area contributed by atoms with Crippen LogP contribution in [-0.4, -0.2) is 32.7 Å². The first-order chi connectivity index (χ1) is 14.6. The number of carbonyl (C=O) groups is 1. The quantitative estimate of drug-likeness (QED) is 0.472. The van der Waals surface area contributed by atoms with Crippen molar-refractivity contribution in [3.8, 4) is 17.0 Å². The molecule has 0 atom stereocenters. The second-order valence-corrected chi connectivity index (χ2v) is 7.09. The first-order valence-electron chi connectivity index (χ1n) is 9.28. The number of carbonyl (C=O) groups excluding carboxylic acids is 1. The summed E-state index contributed by atoms with van der Waals surface area (Å²) in [6.07, 6.45) is 1.52. The Morgan fingerprint density at radius 3 is 2.73 bits per heavy atom. The van der Waals surface area contributed by atoms with Gasteiger partial charge in [0.05, 0.1) is 18.8 Å². The summed E-state index contributed by atoms with van der Waals surface area (Å²) in [6, 6.07) is 16.9. The number of nitrogens with zero attached hydrogens (tertiary/aromatic N) is 4. The highest BCUT2D eigenvalue weighted by Crippen LogP contribution is 2.24. The van der Waals surface area contributed by atoms with Crippen LogP contribution < -0.4 is 10.6 Å². The Balaban J connectivity index is 1.32. The zero-order chi connectivity index (χ0) is 20.9. The van der Waals surface area contributed by atoms with Crippen LogP contribution in [0.1, 0.15) is 11.3 Å². The number of benzene rings is 2. The van der Waals surface area contributed by atoms with E-state index in [0.717, 1.165) is 28.3 Å². The van der Waals surface area contributed by atoms with E-state index in [0.29, 0.717) is 17.3 Å². The van der Waals surface area contributed by atoms with E-state index in [9.17, 15) is 4.79 Å². The molecule has 1 amide bonds. The van der Waals surface area contributed by atoms with Crippen molar-refractivity contribution in [3.05, 3.63) is 77.3 Å². The molecule has 4 aromatic rings. The largest absolute Gasteiger partial charge is 0.459 e. The lowest BCUT2D eigenvalue weighted by atomic mass is 10.2. The standard InChI is InChI=1S/C21H19ClN6O2/c1-14-2-7-17(28-13-25-26-27-28)10-19(14)23-12-21(29)24-11-18-8-9-20(30-18)15-3-5-16(22)6-4-15/h2-10,13,23H,11-12H2,1H3,(H,24,29). The van der Waals surface area contributed by atoms with E-state index in [1.54, 1.807) is 4.68 Å². The number of furan rings is 1. The molecular weight excluding hydrogens is 404 g/mol. The van der Waals surface area contributed by atoms with Crippen molar-refractivity contribution >= 4 is 23.2 Å². The molecule has 2 aromatic heterocycles. The van der Waals surface area contributed by atoms with Crippen LogP contribution in [0.2, 0.25) is 5.02 Å². The molecule has 2 heterocycles. The molecule has 0 aliphatic rings. The van der Waals surface area contributed by atoms with Gasteiger partial charge in [0, 0.05) is 16.3 Å². The third-order valence-corrected chi connectivity index (χ3v) is 4.78. The van der Waals surface area contributed by atoms with Crippen LogP contribution >= 0.6 is 11.6 Å². The molecule has 0 fully saturated rings. The number of nitrogens with one attached hydrogen (secondary N) is 2. The summed E-state index contributed by atoms with van der Waals surface area (Å²) in [6.45, 7) is 2.40. The SMILES string of the molecule is Cc1ccc(-n2cnnn2)cc1NCC(=O)NCc1ccc(-c2ccc(Cl)cc2)o1. The summed E-state index contributed by atoms with van der Waals surface area (Å²) in [4.78, 5) is 12.3. The summed E-state index contributed by atoms with van der Waals surface area (Å²) in [5.41, 5.74) is 3.58. The van der Waals surface area contributed by atoms with Gasteiger partial charge >= 0.3 is 0 Å². The average Bonchev–Trinajstić information content (AvgIpc) is 3.45. The monoisotopic (exact) mass is 422 g/mol. The van der Waals surface area contributed by atoms with Gasteiger partial charge in [0.25, 0.3) is 0 Å². The Bertz CT molecular complexity index is 1140. The zero-order valence-corrected chi connectivity index (χ0v) is 16.9. The van der Waals surface area contributed by atoms with Crippen molar-refractivity contribution in [1.82, 2.24) is 25.5 Å². The molecule has 0 aliphatic heterocycles. The molecular formula is C21H19ClN6O2. The van der Waals surface area contributed by atoms with Crippen LogP contribution in [0.5, 0.6) is 0 Å². The highest BCUT2D eigenvalue weighted by atomic mass is 35.5. The van der Waals surface area contributed by atoms with Crippen molar-refractivity contribution < 1.29 is 9.21 Å². The minimum absolute atomic E-state index is 0.130. The Morgan fingerprint density at radius 2 is 1.97 bits per heavy atom. The van der Waals surface area contributed by atoms with Crippen molar-refractivity contribution in [2.75, 3.05) is 11.9 Å². The fraction of sp³-hybridized carbons (Fsp3) is 0.143. The zero-order valence-electron chi connectivity index (χ0n) is 16.2. The van der Waals surface area contributed by atoms with Gasteiger partial charge in [-0.15, -0.1) is 5.10 Å². The normalized spacial score (nSPS) is 10.7. The molecule has 0 spiro atoms. The van der Waals surface area contributed by atoms with Gasteiger partial charge in [-0.2, -0.15) is 0 Å². The van der Waals surface area contributed by atoms with Crippen molar-refractivity contribution in [1.29, 1.82) is 0 Å². The number of hydrogen-bond acceptors (Lipinski definition) is 6. The maximum Gasteiger partial charge on any atom is 0.239 e. The molecule has 152 valence electrons. The number of aryl methyl sites for hydroxylation is 1. The third-order valence-electron chi connectivity index (χ3n) is 4.52. The molecule has 0 saturated heterocycles. The van der Waals surface area contributed by atoms with Crippen LogP contribution in [-0.2, 0) is 11.3 Å². The van der Waals surface area contributed by atoms with Gasteiger partial charge < -0.3 is 15.1 Å². The van der Waals surface area contributed by atoms with E-state index in [1.165, 1.54) is 6.33 Å². The highest BCUT2D eigenvalue weighted by Gasteiger charge is 2.08. The van der Waals surface area contributed by atoms with Gasteiger partial charge in [-0.05, 0) is 71.4 Å². The Labute approximate surface area is 177 Å². The summed E-state index contributed by atoms with van der Waals surface area (Å²) < 4.78 is 7.35. The molecule has 9 heteroatoms. The number of tetrazole rings is 1. The summed E-state index contributed by atoms with van der Waals surface area (Å²) in [5.74, 6) is 1.25. The number of aromatic nitrogens is 4. The molecule has 4 rings (SSSR count). The lowest BCUT2D eigenvalue weighted by molar-refractivity contribution is -0.119. The molecule has 0 radical (unpaired) electrons. The van der Waals surface area contributed by atoms with Crippen molar-refractivity contribution in [2.24, 2.45) is 0 Å². The van der Waals surface area contributed by atoms with E-state index >= 15 is 0 Å². The number of amides is 1. The van der Waals surface area contributed by atoms with Gasteiger partial charge in [-0.3, -0.25) is 4.79 Å². The van der Waals surface area contributed by atoms with Crippen molar-refractivity contribution in [3.63, 3.8) is 0 Å². The summed E-state index contributed by atoms with van der Waals surface area (Å²) >= 11 is 5.91. The molecule has 0 unspecified atom stereocenters. The second kappa shape index (κ2) is 8.79. The van der Waals surface area contributed by atoms with Crippen LogP contribution in [0.4, 0.5) is 5.69 Å². The number of hydrogen-bond donors (Lipinski definition) is 2. The molecule has 0 saturated carbocycles. The van der Waals surface area contributed by atoms with E-state index in [4.69, 9.17) is 16.0 Å². The maximum absolute atomic E-state index is 12.3. The Morgan fingerprint density at radius 1 is 1.13 bits per heavy atom. The second-order valence-electron chi connectivity index (χ2n) is 6.66. The molecule has 8 nitrogen and oxygen atoms in total. The number of anilines is 1. The average molecular weight is 423 g/mol. The van der Waals surface area contributed by atoms with Gasteiger partial charge in [0.2, 0.25) is 5.91 Å². The van der Waals surface area contributed by atoms with Crippen LogP contribution in [0.25, 0.3) is 17.0 Å². The minimum atomic E-state index is -0.147. The molecule has 0 aliphatic carbocycles. The molecule has 2 aromatic carbocycles. The molecule has 0 bridgehead atoms. The lowest BCUT2D eigenvalue weighted by Gasteiger charge is -2.11. The van der Waals surface area contributed by atoms with E-state index in [1.807, 2.05) is 61.5 Å². The maximum atomic E-state index is 12.3. The number of halogens is 1. The predicted molar refractivity (Wildman–Crippen MR) is 113 cm³/mol. The topological polar surface area (TPSA) is 97.9 Å². The molecule has 30 heavy (non-hydrogen) atoms. The van der Waals surface area contributed by atoms with E-state index in [-0.39, 0.29) is 12.5 Å². The first-order valence-corrected chi connectivity index (χ1v) is 9.65. The fourth-order valence-electron chi connectivity index (χ4n) is 2.89. The Hall–Kier alpha value is -3.65. The minimum Gasteiger partial charge on any atom is -0.459 e. The third kappa shape index (κ3) is 4.66. The van der Waals surface area contributed by atoms with Crippen LogP contribution in [0.15, 0.2) is 65.3 Å².